The molecule has 0 radical (unpaired) electrons. The molecule has 1 fully saturated rings. The molecule has 1 saturated carbocycles. The minimum absolute atomic E-state index is 0.335. The Bertz CT molecular complexity index is 571. The van der Waals surface area contributed by atoms with E-state index in [1.807, 2.05) is 12.1 Å². The fourth-order valence-electron chi connectivity index (χ4n) is 2.45. The zero-order valence-corrected chi connectivity index (χ0v) is 10.0. The first-order valence-corrected chi connectivity index (χ1v) is 6.24. The molecule has 17 heavy (non-hydrogen) atoms. The molecule has 1 aliphatic rings. The maximum atomic E-state index is 11.9. The second-order valence-electron chi connectivity index (χ2n) is 5.14. The van der Waals surface area contributed by atoms with Crippen LogP contribution in [0.25, 0.3) is 10.8 Å². The highest BCUT2D eigenvalue weighted by Gasteiger charge is 2.38. The quantitative estimate of drug-likeness (QED) is 0.778. The molecular formula is C16H16O. The van der Waals surface area contributed by atoms with Crippen molar-refractivity contribution >= 4 is 16.6 Å². The van der Waals surface area contributed by atoms with Crippen LogP contribution in [0.3, 0.4) is 0 Å². The fraction of sp³-hybridized carbons (Fsp3) is 0.312. The smallest absolute Gasteiger partial charge is 0.140 e. The number of carbonyl (C=O) groups excluding carboxylic acids is 1. The van der Waals surface area contributed by atoms with Gasteiger partial charge in [0.25, 0.3) is 0 Å². The Morgan fingerprint density at radius 2 is 1.88 bits per heavy atom. The van der Waals surface area contributed by atoms with Crippen molar-refractivity contribution in [2.75, 3.05) is 0 Å². The summed E-state index contributed by atoms with van der Waals surface area (Å²) in [4.78, 5) is 11.9. The number of benzene rings is 2. The molecule has 0 saturated heterocycles. The van der Waals surface area contributed by atoms with Crippen LogP contribution in [0.5, 0.6) is 0 Å². The van der Waals surface area contributed by atoms with Gasteiger partial charge in [-0.3, -0.25) is 4.79 Å². The molecule has 86 valence electrons. The summed E-state index contributed by atoms with van der Waals surface area (Å²) < 4.78 is 0. The van der Waals surface area contributed by atoms with Crippen LogP contribution >= 0.6 is 0 Å². The van der Waals surface area contributed by atoms with Crippen LogP contribution in [-0.4, -0.2) is 5.78 Å². The lowest BCUT2D eigenvalue weighted by molar-refractivity contribution is -0.119. The van der Waals surface area contributed by atoms with E-state index in [0.717, 1.165) is 12.0 Å². The van der Waals surface area contributed by atoms with Crippen molar-refractivity contribution in [3.05, 3.63) is 48.0 Å². The minimum Gasteiger partial charge on any atom is -0.299 e. The zero-order valence-electron chi connectivity index (χ0n) is 10.0. The van der Waals surface area contributed by atoms with E-state index in [2.05, 4.69) is 37.3 Å². The molecule has 2 aromatic carbocycles. The van der Waals surface area contributed by atoms with E-state index in [4.69, 9.17) is 0 Å². The van der Waals surface area contributed by atoms with E-state index in [-0.39, 0.29) is 0 Å². The Morgan fingerprint density at radius 3 is 2.59 bits per heavy atom. The second kappa shape index (κ2) is 3.99. The van der Waals surface area contributed by atoms with Crippen molar-refractivity contribution in [1.82, 2.24) is 0 Å². The van der Waals surface area contributed by atoms with Crippen LogP contribution in [0.15, 0.2) is 42.5 Å². The molecule has 0 aromatic heterocycles. The lowest BCUT2D eigenvalue weighted by atomic mass is 10.0. The maximum Gasteiger partial charge on any atom is 0.140 e. The molecule has 0 heterocycles. The first-order valence-electron chi connectivity index (χ1n) is 6.24. The summed E-state index contributed by atoms with van der Waals surface area (Å²) in [6.45, 7) is 2.16. The highest BCUT2D eigenvalue weighted by Crippen LogP contribution is 2.39. The van der Waals surface area contributed by atoms with Gasteiger partial charge in [0.2, 0.25) is 0 Å². The number of fused-ring (bicyclic) bond motifs is 1. The number of hydrogen-bond donors (Lipinski definition) is 0. The summed E-state index contributed by atoms with van der Waals surface area (Å²) in [6.07, 6.45) is 1.69. The van der Waals surface area contributed by atoms with Crippen molar-refractivity contribution in [1.29, 1.82) is 0 Å². The van der Waals surface area contributed by atoms with Crippen molar-refractivity contribution in [2.24, 2.45) is 11.8 Å². The van der Waals surface area contributed by atoms with Gasteiger partial charge in [0, 0.05) is 12.3 Å². The number of carbonyl (C=O) groups is 1. The molecule has 2 aromatic rings. The van der Waals surface area contributed by atoms with Crippen molar-refractivity contribution in [3.8, 4) is 0 Å². The first-order chi connectivity index (χ1) is 8.24. The van der Waals surface area contributed by atoms with Gasteiger partial charge in [0.1, 0.15) is 5.78 Å². The summed E-state index contributed by atoms with van der Waals surface area (Å²) in [5.41, 5.74) is 1.15. The van der Waals surface area contributed by atoms with Crippen LogP contribution in [0.4, 0.5) is 0 Å². The van der Waals surface area contributed by atoms with Gasteiger partial charge in [-0.2, -0.15) is 0 Å². The Kier molecular flexibility index (Phi) is 2.47. The summed E-state index contributed by atoms with van der Waals surface area (Å²) >= 11 is 0. The standard InChI is InChI=1S/C16H16O/c1-11-8-15(11)16(17)10-12-6-7-13-4-2-3-5-14(13)9-12/h2-7,9,11,15H,8,10H2,1H3. The van der Waals surface area contributed by atoms with Crippen LogP contribution in [0.1, 0.15) is 18.9 Å². The van der Waals surface area contributed by atoms with Gasteiger partial charge in [0.05, 0.1) is 0 Å². The van der Waals surface area contributed by atoms with E-state index in [1.54, 1.807) is 0 Å². The van der Waals surface area contributed by atoms with Crippen molar-refractivity contribution in [2.45, 2.75) is 19.8 Å². The van der Waals surface area contributed by atoms with Gasteiger partial charge in [0.15, 0.2) is 0 Å². The van der Waals surface area contributed by atoms with Crippen LogP contribution in [0, 0.1) is 11.8 Å². The largest absolute Gasteiger partial charge is 0.299 e. The van der Waals surface area contributed by atoms with E-state index in [0.29, 0.717) is 24.0 Å². The van der Waals surface area contributed by atoms with E-state index >= 15 is 0 Å². The molecule has 3 rings (SSSR count). The van der Waals surface area contributed by atoms with Gasteiger partial charge in [-0.05, 0) is 28.7 Å². The van der Waals surface area contributed by atoms with Gasteiger partial charge in [-0.1, -0.05) is 49.4 Å². The van der Waals surface area contributed by atoms with Crippen molar-refractivity contribution in [3.63, 3.8) is 0 Å². The molecule has 2 atom stereocenters. The maximum absolute atomic E-state index is 11.9. The van der Waals surface area contributed by atoms with E-state index in [1.165, 1.54) is 10.8 Å². The van der Waals surface area contributed by atoms with Gasteiger partial charge >= 0.3 is 0 Å². The SMILES string of the molecule is CC1CC1C(=O)Cc1ccc2ccccc2c1. The topological polar surface area (TPSA) is 17.1 Å². The third kappa shape index (κ3) is 2.10. The predicted molar refractivity (Wildman–Crippen MR) is 69.9 cm³/mol. The number of ketones is 1. The molecule has 0 amide bonds. The minimum atomic E-state index is 0.335. The third-order valence-corrected chi connectivity index (χ3v) is 3.72. The van der Waals surface area contributed by atoms with Gasteiger partial charge in [-0.15, -0.1) is 0 Å². The van der Waals surface area contributed by atoms with Crippen LogP contribution < -0.4 is 0 Å². The van der Waals surface area contributed by atoms with Crippen LogP contribution in [-0.2, 0) is 11.2 Å². The molecule has 1 nitrogen and oxygen atoms in total. The van der Waals surface area contributed by atoms with Crippen LogP contribution in [0.2, 0.25) is 0 Å². The number of hydrogen-bond acceptors (Lipinski definition) is 1. The molecule has 0 aliphatic heterocycles. The zero-order chi connectivity index (χ0) is 11.8. The van der Waals surface area contributed by atoms with Crippen molar-refractivity contribution < 1.29 is 4.79 Å². The molecule has 1 heteroatoms. The summed E-state index contributed by atoms with van der Waals surface area (Å²) in [7, 11) is 0. The Hall–Kier alpha value is -1.63. The average molecular weight is 224 g/mol. The summed E-state index contributed by atoms with van der Waals surface area (Å²) in [5.74, 6) is 1.36. The predicted octanol–water partition coefficient (Wildman–Crippen LogP) is 3.61. The monoisotopic (exact) mass is 224 g/mol. The fourth-order valence-corrected chi connectivity index (χ4v) is 2.45. The molecule has 0 bridgehead atoms. The lowest BCUT2D eigenvalue weighted by Crippen LogP contribution is -2.05. The van der Waals surface area contributed by atoms with Gasteiger partial charge in [-0.25, -0.2) is 0 Å². The first kappa shape index (κ1) is 10.5. The Balaban J connectivity index is 1.83. The highest BCUT2D eigenvalue weighted by atomic mass is 16.1. The molecule has 0 N–H and O–H groups in total. The Morgan fingerprint density at radius 1 is 1.18 bits per heavy atom. The molecular weight excluding hydrogens is 208 g/mol. The lowest BCUT2D eigenvalue weighted by Gasteiger charge is -2.03. The third-order valence-electron chi connectivity index (χ3n) is 3.72. The second-order valence-corrected chi connectivity index (χ2v) is 5.14. The molecule has 0 spiro atoms. The molecule has 2 unspecified atom stereocenters. The van der Waals surface area contributed by atoms with E-state index < -0.39 is 0 Å². The normalized spacial score (nSPS) is 22.6. The highest BCUT2D eigenvalue weighted by molar-refractivity contribution is 5.88. The Labute approximate surface area is 101 Å². The molecule has 1 aliphatic carbocycles. The van der Waals surface area contributed by atoms with E-state index in [9.17, 15) is 4.79 Å². The summed E-state index contributed by atoms with van der Waals surface area (Å²) in [5, 5.41) is 2.46. The van der Waals surface area contributed by atoms with Gasteiger partial charge < -0.3 is 0 Å². The number of rotatable bonds is 3. The summed E-state index contributed by atoms with van der Waals surface area (Å²) in [6, 6.07) is 14.6. The average Bonchev–Trinajstić information content (AvgIpc) is 3.06. The number of Topliss-reactive ketones (excluding diaryl/α,β-unsaturated/α-hetero) is 1.